The summed E-state index contributed by atoms with van der Waals surface area (Å²) in [6, 6.07) is 8.24. The van der Waals surface area contributed by atoms with Crippen molar-refractivity contribution in [2.75, 3.05) is 27.2 Å². The maximum Gasteiger partial charge on any atom is 0.254 e. The number of carbonyl (C=O) groups is 1. The largest absolute Gasteiger partial charge is 0.329 e. The van der Waals surface area contributed by atoms with Gasteiger partial charge in [-0.2, -0.15) is 0 Å². The molecule has 1 heterocycles. The van der Waals surface area contributed by atoms with Crippen molar-refractivity contribution in [2.24, 2.45) is 0 Å². The van der Waals surface area contributed by atoms with Crippen LogP contribution in [0.15, 0.2) is 24.3 Å². The first-order chi connectivity index (χ1) is 9.65. The molecule has 1 aliphatic heterocycles. The molecule has 20 heavy (non-hydrogen) atoms. The minimum atomic E-state index is 0.0139. The highest BCUT2D eigenvalue weighted by Gasteiger charge is 2.50. The molecule has 1 spiro atoms. The lowest BCUT2D eigenvalue weighted by Gasteiger charge is -2.36. The van der Waals surface area contributed by atoms with Crippen molar-refractivity contribution in [3.63, 3.8) is 0 Å². The van der Waals surface area contributed by atoms with Crippen LogP contribution in [0.5, 0.6) is 0 Å². The van der Waals surface area contributed by atoms with E-state index in [2.05, 4.69) is 36.0 Å². The van der Waals surface area contributed by atoms with E-state index in [1.165, 1.54) is 18.4 Å². The average Bonchev–Trinajstić information content (AvgIpc) is 3.00. The molecular formula is C17H24N2O. The Balaban J connectivity index is 1.88. The molecule has 1 aromatic carbocycles. The van der Waals surface area contributed by atoms with Crippen LogP contribution in [0, 0.1) is 0 Å². The van der Waals surface area contributed by atoms with Gasteiger partial charge in [0.05, 0.1) is 5.54 Å². The minimum absolute atomic E-state index is 0.0139. The van der Waals surface area contributed by atoms with Gasteiger partial charge in [-0.3, -0.25) is 4.79 Å². The molecule has 0 saturated heterocycles. The van der Waals surface area contributed by atoms with Crippen molar-refractivity contribution in [2.45, 2.75) is 37.6 Å². The van der Waals surface area contributed by atoms with E-state index >= 15 is 0 Å². The van der Waals surface area contributed by atoms with Gasteiger partial charge in [-0.1, -0.05) is 31.0 Å². The van der Waals surface area contributed by atoms with E-state index in [1.807, 2.05) is 12.1 Å². The summed E-state index contributed by atoms with van der Waals surface area (Å²) in [5.74, 6) is 0.251. The summed E-state index contributed by atoms with van der Waals surface area (Å²) >= 11 is 0. The lowest BCUT2D eigenvalue weighted by Crippen LogP contribution is -2.43. The van der Waals surface area contributed by atoms with Gasteiger partial charge in [-0.25, -0.2) is 0 Å². The zero-order valence-electron chi connectivity index (χ0n) is 12.6. The Bertz CT molecular complexity index is 503. The number of fused-ring (bicyclic) bond motifs is 2. The molecule has 0 atom stereocenters. The van der Waals surface area contributed by atoms with Gasteiger partial charge in [0, 0.05) is 12.1 Å². The van der Waals surface area contributed by atoms with E-state index in [9.17, 15) is 4.79 Å². The monoisotopic (exact) mass is 272 g/mol. The van der Waals surface area contributed by atoms with Crippen LogP contribution in [0.4, 0.5) is 0 Å². The van der Waals surface area contributed by atoms with Crippen molar-refractivity contribution in [1.29, 1.82) is 0 Å². The standard InChI is InChI=1S/C17H24N2O/c1-18(2)12-7-13-19-16(20)14-8-3-4-9-15(14)17(19)10-5-6-11-17/h3-4,8-9H,5-7,10-13H2,1-2H3. The SMILES string of the molecule is CN(C)CCCN1C(=O)c2ccccc2C12CCCC2. The lowest BCUT2D eigenvalue weighted by atomic mass is 9.88. The molecule has 0 aromatic heterocycles. The van der Waals surface area contributed by atoms with Gasteiger partial charge in [-0.05, 0) is 51.5 Å². The third-order valence-electron chi connectivity index (χ3n) is 4.84. The maximum absolute atomic E-state index is 12.7. The van der Waals surface area contributed by atoms with E-state index in [-0.39, 0.29) is 11.4 Å². The second-order valence-electron chi connectivity index (χ2n) is 6.40. The first kappa shape index (κ1) is 13.6. The topological polar surface area (TPSA) is 23.6 Å². The molecule has 0 bridgehead atoms. The van der Waals surface area contributed by atoms with Crippen LogP contribution in [0.2, 0.25) is 0 Å². The first-order valence-electron chi connectivity index (χ1n) is 7.71. The molecule has 1 saturated carbocycles. The van der Waals surface area contributed by atoms with Gasteiger partial charge in [-0.15, -0.1) is 0 Å². The highest BCUT2D eigenvalue weighted by atomic mass is 16.2. The first-order valence-corrected chi connectivity index (χ1v) is 7.71. The molecule has 1 aromatic rings. The second kappa shape index (κ2) is 5.21. The molecule has 1 amide bonds. The van der Waals surface area contributed by atoms with Crippen LogP contribution in [0.25, 0.3) is 0 Å². The third kappa shape index (κ3) is 2.05. The average molecular weight is 272 g/mol. The van der Waals surface area contributed by atoms with E-state index in [1.54, 1.807) is 0 Å². The Hall–Kier alpha value is -1.35. The number of carbonyl (C=O) groups excluding carboxylic acids is 1. The smallest absolute Gasteiger partial charge is 0.254 e. The quantitative estimate of drug-likeness (QED) is 0.841. The van der Waals surface area contributed by atoms with Crippen LogP contribution < -0.4 is 0 Å². The molecule has 3 nitrogen and oxygen atoms in total. The Morgan fingerprint density at radius 3 is 2.60 bits per heavy atom. The highest BCUT2D eigenvalue weighted by molar-refractivity contribution is 6.00. The molecule has 1 fully saturated rings. The van der Waals surface area contributed by atoms with Crippen molar-refractivity contribution >= 4 is 5.91 Å². The molecule has 108 valence electrons. The van der Waals surface area contributed by atoms with Gasteiger partial charge in [0.1, 0.15) is 0 Å². The fourth-order valence-corrected chi connectivity index (χ4v) is 3.92. The zero-order valence-corrected chi connectivity index (χ0v) is 12.6. The zero-order chi connectivity index (χ0) is 14.2. The predicted molar refractivity (Wildman–Crippen MR) is 80.8 cm³/mol. The number of benzene rings is 1. The summed E-state index contributed by atoms with van der Waals surface area (Å²) in [5.41, 5.74) is 2.24. The van der Waals surface area contributed by atoms with Gasteiger partial charge >= 0.3 is 0 Å². The normalized spacial score (nSPS) is 20.1. The van der Waals surface area contributed by atoms with Crippen LogP contribution in [-0.2, 0) is 5.54 Å². The maximum atomic E-state index is 12.7. The Morgan fingerprint density at radius 2 is 1.90 bits per heavy atom. The van der Waals surface area contributed by atoms with Crippen molar-refractivity contribution in [1.82, 2.24) is 9.80 Å². The molecular weight excluding hydrogens is 248 g/mol. The summed E-state index contributed by atoms with van der Waals surface area (Å²) in [6.07, 6.45) is 5.81. The van der Waals surface area contributed by atoms with E-state index in [4.69, 9.17) is 0 Å². The Labute approximate surface area is 121 Å². The van der Waals surface area contributed by atoms with Crippen molar-refractivity contribution in [3.8, 4) is 0 Å². The molecule has 3 rings (SSSR count). The fraction of sp³-hybridized carbons (Fsp3) is 0.588. The molecule has 2 aliphatic rings. The molecule has 0 N–H and O–H groups in total. The van der Waals surface area contributed by atoms with Crippen molar-refractivity contribution in [3.05, 3.63) is 35.4 Å². The summed E-state index contributed by atoms with van der Waals surface area (Å²) in [7, 11) is 4.18. The molecule has 0 radical (unpaired) electrons. The van der Waals surface area contributed by atoms with Crippen LogP contribution in [0.1, 0.15) is 48.0 Å². The summed E-state index contributed by atoms with van der Waals surface area (Å²) < 4.78 is 0. The molecule has 0 unspecified atom stereocenters. The van der Waals surface area contributed by atoms with Gasteiger partial charge in [0.15, 0.2) is 0 Å². The number of nitrogens with zero attached hydrogens (tertiary/aromatic N) is 2. The van der Waals surface area contributed by atoms with Crippen LogP contribution >= 0.6 is 0 Å². The van der Waals surface area contributed by atoms with Crippen molar-refractivity contribution < 1.29 is 4.79 Å². The molecule has 1 aliphatic carbocycles. The number of rotatable bonds is 4. The number of hydrogen-bond donors (Lipinski definition) is 0. The summed E-state index contributed by atoms with van der Waals surface area (Å²) in [5, 5.41) is 0. The number of amides is 1. The van der Waals surface area contributed by atoms with E-state index in [0.717, 1.165) is 37.9 Å². The highest BCUT2D eigenvalue weighted by Crippen LogP contribution is 2.49. The van der Waals surface area contributed by atoms with Gasteiger partial charge in [0.2, 0.25) is 0 Å². The number of hydrogen-bond acceptors (Lipinski definition) is 2. The third-order valence-corrected chi connectivity index (χ3v) is 4.84. The second-order valence-corrected chi connectivity index (χ2v) is 6.40. The Kier molecular flexibility index (Phi) is 3.55. The van der Waals surface area contributed by atoms with E-state index < -0.39 is 0 Å². The predicted octanol–water partition coefficient (Wildman–Crippen LogP) is 2.86. The van der Waals surface area contributed by atoms with E-state index in [0.29, 0.717) is 0 Å². The van der Waals surface area contributed by atoms with Gasteiger partial charge in [0.25, 0.3) is 5.91 Å². The Morgan fingerprint density at radius 1 is 1.20 bits per heavy atom. The fourth-order valence-electron chi connectivity index (χ4n) is 3.92. The van der Waals surface area contributed by atoms with Crippen LogP contribution in [0.3, 0.4) is 0 Å². The molecule has 3 heteroatoms. The van der Waals surface area contributed by atoms with Crippen LogP contribution in [-0.4, -0.2) is 42.9 Å². The lowest BCUT2D eigenvalue weighted by molar-refractivity contribution is 0.0546. The minimum Gasteiger partial charge on any atom is -0.329 e. The van der Waals surface area contributed by atoms with Gasteiger partial charge < -0.3 is 9.80 Å². The summed E-state index contributed by atoms with van der Waals surface area (Å²) in [4.78, 5) is 17.1. The summed E-state index contributed by atoms with van der Waals surface area (Å²) in [6.45, 7) is 1.92.